The summed E-state index contributed by atoms with van der Waals surface area (Å²) in [6.45, 7) is 0.484. The molecule has 0 saturated carbocycles. The van der Waals surface area contributed by atoms with Gasteiger partial charge in [-0.2, -0.15) is 4.98 Å². The Morgan fingerprint density at radius 2 is 1.71 bits per heavy atom. The second-order valence-corrected chi connectivity index (χ2v) is 6.03. The lowest BCUT2D eigenvalue weighted by Gasteiger charge is -2.06. The molecule has 0 saturated heterocycles. The van der Waals surface area contributed by atoms with Crippen LogP contribution in [0.1, 0.15) is 5.56 Å². The zero-order chi connectivity index (χ0) is 19.3. The Balaban J connectivity index is 1.48. The molecular formula is C21H15N3O4. The minimum absolute atomic E-state index is 0.0243. The Kier molecular flexibility index (Phi) is 4.79. The smallest absolute Gasteiger partial charge is 0.270 e. The summed E-state index contributed by atoms with van der Waals surface area (Å²) in [4.78, 5) is 14.8. The molecule has 3 aromatic carbocycles. The van der Waals surface area contributed by atoms with Crippen molar-refractivity contribution in [2.75, 3.05) is 0 Å². The molecule has 1 heterocycles. The number of non-ortho nitro benzene ring substituents is 1. The molecule has 0 N–H and O–H groups in total. The summed E-state index contributed by atoms with van der Waals surface area (Å²) < 4.78 is 11.1. The Hall–Kier alpha value is -4.00. The number of nitro groups is 1. The van der Waals surface area contributed by atoms with Crippen LogP contribution < -0.4 is 4.74 Å². The molecule has 7 heteroatoms. The van der Waals surface area contributed by atoms with Crippen LogP contribution >= 0.6 is 0 Å². The Morgan fingerprint density at radius 1 is 0.929 bits per heavy atom. The molecule has 0 unspecified atom stereocenters. The van der Waals surface area contributed by atoms with E-state index in [0.29, 0.717) is 23.9 Å². The standard InChI is InChI=1S/C21H15N3O4/c25-24(26)18-8-4-7-17(13-18)20-22-21(28-23-20)16-9-11-19(12-10-16)27-14-15-5-2-1-3-6-15/h1-13H,14H2. The molecule has 4 aromatic rings. The number of ether oxygens (including phenoxy) is 1. The molecule has 0 fully saturated rings. The lowest BCUT2D eigenvalue weighted by Crippen LogP contribution is -1.94. The third-order valence-corrected chi connectivity index (χ3v) is 4.09. The highest BCUT2D eigenvalue weighted by molar-refractivity contribution is 5.62. The largest absolute Gasteiger partial charge is 0.489 e. The van der Waals surface area contributed by atoms with Gasteiger partial charge in [-0.25, -0.2) is 0 Å². The van der Waals surface area contributed by atoms with Gasteiger partial charge in [0.2, 0.25) is 5.82 Å². The van der Waals surface area contributed by atoms with Crippen molar-refractivity contribution in [3.8, 4) is 28.6 Å². The van der Waals surface area contributed by atoms with Crippen molar-refractivity contribution in [3.63, 3.8) is 0 Å². The predicted octanol–water partition coefficient (Wildman–Crippen LogP) is 4.89. The first-order chi connectivity index (χ1) is 13.7. The summed E-state index contributed by atoms with van der Waals surface area (Å²) in [6, 6.07) is 23.3. The topological polar surface area (TPSA) is 91.3 Å². The van der Waals surface area contributed by atoms with Gasteiger partial charge in [-0.05, 0) is 29.8 Å². The van der Waals surface area contributed by atoms with E-state index in [0.717, 1.165) is 16.9 Å². The molecular weight excluding hydrogens is 358 g/mol. The van der Waals surface area contributed by atoms with E-state index in [4.69, 9.17) is 9.26 Å². The van der Waals surface area contributed by atoms with Crippen LogP contribution in [0.25, 0.3) is 22.8 Å². The van der Waals surface area contributed by atoms with E-state index in [1.165, 1.54) is 12.1 Å². The van der Waals surface area contributed by atoms with Crippen molar-refractivity contribution >= 4 is 5.69 Å². The zero-order valence-electron chi connectivity index (χ0n) is 14.7. The lowest BCUT2D eigenvalue weighted by atomic mass is 10.2. The summed E-state index contributed by atoms with van der Waals surface area (Å²) in [6.07, 6.45) is 0. The number of hydrogen-bond acceptors (Lipinski definition) is 6. The van der Waals surface area contributed by atoms with Gasteiger partial charge in [0.25, 0.3) is 11.6 Å². The lowest BCUT2D eigenvalue weighted by molar-refractivity contribution is -0.384. The van der Waals surface area contributed by atoms with Crippen molar-refractivity contribution in [2.24, 2.45) is 0 Å². The van der Waals surface area contributed by atoms with E-state index in [1.54, 1.807) is 12.1 Å². The maximum atomic E-state index is 10.9. The fourth-order valence-electron chi connectivity index (χ4n) is 2.65. The number of hydrogen-bond donors (Lipinski definition) is 0. The molecule has 138 valence electrons. The molecule has 0 spiro atoms. The molecule has 4 rings (SSSR count). The van der Waals surface area contributed by atoms with Crippen molar-refractivity contribution in [2.45, 2.75) is 6.61 Å². The monoisotopic (exact) mass is 373 g/mol. The molecule has 0 aliphatic rings. The highest BCUT2D eigenvalue weighted by Gasteiger charge is 2.13. The SMILES string of the molecule is O=[N+]([O-])c1cccc(-c2noc(-c3ccc(OCc4ccccc4)cc3)n2)c1. The van der Waals surface area contributed by atoms with Crippen LogP contribution in [0.5, 0.6) is 5.75 Å². The predicted molar refractivity (Wildman–Crippen MR) is 103 cm³/mol. The minimum Gasteiger partial charge on any atom is -0.489 e. The number of nitro benzene ring substituents is 1. The molecule has 0 radical (unpaired) electrons. The van der Waals surface area contributed by atoms with E-state index in [-0.39, 0.29) is 5.69 Å². The summed E-state index contributed by atoms with van der Waals surface area (Å²) >= 11 is 0. The van der Waals surface area contributed by atoms with Crippen LogP contribution in [0.3, 0.4) is 0 Å². The first kappa shape index (κ1) is 17.4. The quantitative estimate of drug-likeness (QED) is 0.353. The summed E-state index contributed by atoms with van der Waals surface area (Å²) in [5, 5.41) is 14.8. The molecule has 0 atom stereocenters. The van der Waals surface area contributed by atoms with Crippen molar-refractivity contribution in [1.82, 2.24) is 10.1 Å². The minimum atomic E-state index is -0.460. The molecule has 1 aromatic heterocycles. The summed E-state index contributed by atoms with van der Waals surface area (Å²) in [5.74, 6) is 1.35. The van der Waals surface area contributed by atoms with E-state index >= 15 is 0 Å². The van der Waals surface area contributed by atoms with Gasteiger partial charge < -0.3 is 9.26 Å². The fourth-order valence-corrected chi connectivity index (χ4v) is 2.65. The first-order valence-corrected chi connectivity index (χ1v) is 8.55. The molecule has 7 nitrogen and oxygen atoms in total. The molecule has 0 amide bonds. The second kappa shape index (κ2) is 7.71. The van der Waals surface area contributed by atoms with Crippen LogP contribution in [-0.2, 0) is 6.61 Å². The van der Waals surface area contributed by atoms with Crippen molar-refractivity contribution in [3.05, 3.63) is 94.5 Å². The Labute approximate surface area is 160 Å². The van der Waals surface area contributed by atoms with Crippen LogP contribution in [0, 0.1) is 10.1 Å². The third kappa shape index (κ3) is 3.88. The number of rotatable bonds is 6. The highest BCUT2D eigenvalue weighted by Crippen LogP contribution is 2.26. The summed E-state index contributed by atoms with van der Waals surface area (Å²) in [5.41, 5.74) is 2.32. The van der Waals surface area contributed by atoms with Gasteiger partial charge in [0.15, 0.2) is 0 Å². The second-order valence-electron chi connectivity index (χ2n) is 6.03. The van der Waals surface area contributed by atoms with Crippen LogP contribution in [0.2, 0.25) is 0 Å². The van der Waals surface area contributed by atoms with Gasteiger partial charge in [-0.15, -0.1) is 0 Å². The third-order valence-electron chi connectivity index (χ3n) is 4.09. The average Bonchev–Trinajstić information content (AvgIpc) is 3.24. The molecule has 0 aliphatic carbocycles. The molecule has 28 heavy (non-hydrogen) atoms. The Morgan fingerprint density at radius 3 is 2.46 bits per heavy atom. The zero-order valence-corrected chi connectivity index (χ0v) is 14.7. The highest BCUT2D eigenvalue weighted by atomic mass is 16.6. The van der Waals surface area contributed by atoms with Gasteiger partial charge >= 0.3 is 0 Å². The van der Waals surface area contributed by atoms with Gasteiger partial charge in [0.05, 0.1) is 4.92 Å². The van der Waals surface area contributed by atoms with Crippen LogP contribution in [-0.4, -0.2) is 15.1 Å². The average molecular weight is 373 g/mol. The number of benzene rings is 3. The van der Waals surface area contributed by atoms with E-state index in [2.05, 4.69) is 10.1 Å². The van der Waals surface area contributed by atoms with Gasteiger partial charge in [0, 0.05) is 23.3 Å². The van der Waals surface area contributed by atoms with Crippen molar-refractivity contribution < 1.29 is 14.2 Å². The first-order valence-electron chi connectivity index (χ1n) is 8.55. The Bertz CT molecular complexity index is 1090. The van der Waals surface area contributed by atoms with Gasteiger partial charge in [0.1, 0.15) is 12.4 Å². The molecule has 0 aliphatic heterocycles. The van der Waals surface area contributed by atoms with E-state index in [1.807, 2.05) is 54.6 Å². The maximum Gasteiger partial charge on any atom is 0.270 e. The van der Waals surface area contributed by atoms with Crippen LogP contribution in [0.15, 0.2) is 83.4 Å². The summed E-state index contributed by atoms with van der Waals surface area (Å²) in [7, 11) is 0. The fraction of sp³-hybridized carbons (Fsp3) is 0.0476. The van der Waals surface area contributed by atoms with E-state index < -0.39 is 4.92 Å². The van der Waals surface area contributed by atoms with Gasteiger partial charge in [-0.3, -0.25) is 10.1 Å². The number of aromatic nitrogens is 2. The van der Waals surface area contributed by atoms with E-state index in [9.17, 15) is 10.1 Å². The molecule has 0 bridgehead atoms. The number of nitrogens with zero attached hydrogens (tertiary/aromatic N) is 3. The van der Waals surface area contributed by atoms with Crippen LogP contribution in [0.4, 0.5) is 5.69 Å². The van der Waals surface area contributed by atoms with Gasteiger partial charge in [-0.1, -0.05) is 47.6 Å². The normalized spacial score (nSPS) is 10.6. The van der Waals surface area contributed by atoms with Crippen molar-refractivity contribution in [1.29, 1.82) is 0 Å². The maximum absolute atomic E-state index is 10.9.